The number of nitrogens with zero attached hydrogens (tertiary/aromatic N) is 3. The summed E-state index contributed by atoms with van der Waals surface area (Å²) in [4.78, 5) is 32.0. The maximum Gasteiger partial charge on any atom is 0.262 e. The second-order valence-electron chi connectivity index (χ2n) is 9.13. The highest BCUT2D eigenvalue weighted by molar-refractivity contribution is 7.14. The molecule has 0 aromatic carbocycles. The largest absolute Gasteiger partial charge is 0.376 e. The van der Waals surface area contributed by atoms with Gasteiger partial charge in [0.05, 0.1) is 27.3 Å². The minimum absolute atomic E-state index is 0.0396. The molecule has 1 saturated carbocycles. The summed E-state index contributed by atoms with van der Waals surface area (Å²) in [6, 6.07) is 6.67. The van der Waals surface area contributed by atoms with Crippen LogP contribution in [0, 0.1) is 12.8 Å². The number of thiophene rings is 1. The number of halogens is 1. The molecule has 3 aromatic heterocycles. The molecule has 0 spiro atoms. The molecular weight excluding hydrogens is 484 g/mol. The first-order valence-electron chi connectivity index (χ1n) is 11.9. The number of rotatable bonds is 9. The van der Waals surface area contributed by atoms with Gasteiger partial charge in [-0.3, -0.25) is 19.3 Å². The number of aryl methyl sites for hydroxylation is 2. The lowest BCUT2D eigenvalue weighted by atomic mass is 9.97. The smallest absolute Gasteiger partial charge is 0.262 e. The number of carbonyl (C=O) groups is 2. The van der Waals surface area contributed by atoms with E-state index in [2.05, 4.69) is 26.0 Å². The number of anilines is 2. The Morgan fingerprint density at radius 1 is 1.26 bits per heavy atom. The Hall–Kier alpha value is -2.91. The van der Waals surface area contributed by atoms with E-state index < -0.39 is 6.04 Å². The average Bonchev–Trinajstić information content (AvgIpc) is 3.58. The van der Waals surface area contributed by atoms with Crippen LogP contribution in [-0.4, -0.2) is 32.6 Å². The second-order valence-corrected chi connectivity index (χ2v) is 10.7. The molecule has 35 heavy (non-hydrogen) atoms. The number of nitrogens with one attached hydrogen (secondary N) is 3. The van der Waals surface area contributed by atoms with E-state index in [0.29, 0.717) is 28.1 Å². The predicted molar refractivity (Wildman–Crippen MR) is 140 cm³/mol. The van der Waals surface area contributed by atoms with Crippen molar-refractivity contribution in [1.82, 2.24) is 20.1 Å². The third kappa shape index (κ3) is 6.61. The van der Waals surface area contributed by atoms with Crippen molar-refractivity contribution in [2.45, 2.75) is 58.0 Å². The molecule has 8 nitrogen and oxygen atoms in total. The minimum Gasteiger partial charge on any atom is -0.376 e. The molecule has 2 atom stereocenters. The number of carbonyl (C=O) groups excluding carboxylic acids is 2. The molecule has 4 rings (SSSR count). The topological polar surface area (TPSA) is 101 Å². The van der Waals surface area contributed by atoms with Gasteiger partial charge in [-0.2, -0.15) is 5.10 Å². The third-order valence-electron chi connectivity index (χ3n) is 6.33. The van der Waals surface area contributed by atoms with Gasteiger partial charge in [0, 0.05) is 30.4 Å². The maximum atomic E-state index is 13.1. The summed E-state index contributed by atoms with van der Waals surface area (Å²) in [6.45, 7) is 3.94. The summed E-state index contributed by atoms with van der Waals surface area (Å²) in [5.74, 6) is 0.438. The molecule has 1 aliphatic rings. The first kappa shape index (κ1) is 25.2. The summed E-state index contributed by atoms with van der Waals surface area (Å²) in [7, 11) is 1.79. The van der Waals surface area contributed by atoms with Gasteiger partial charge >= 0.3 is 0 Å². The van der Waals surface area contributed by atoms with Crippen LogP contribution >= 0.6 is 22.9 Å². The van der Waals surface area contributed by atoms with Crippen molar-refractivity contribution in [1.29, 1.82) is 0 Å². The maximum absolute atomic E-state index is 13.1. The fourth-order valence-electron chi connectivity index (χ4n) is 4.40. The number of hydrogen-bond acceptors (Lipinski definition) is 6. The Balaban J connectivity index is 1.43. The molecule has 0 saturated heterocycles. The van der Waals surface area contributed by atoms with E-state index in [0.717, 1.165) is 29.1 Å². The van der Waals surface area contributed by atoms with Crippen molar-refractivity contribution in [3.63, 3.8) is 0 Å². The Morgan fingerprint density at radius 2 is 2.03 bits per heavy atom. The van der Waals surface area contributed by atoms with E-state index >= 15 is 0 Å². The fraction of sp³-hybridized carbons (Fsp3) is 0.440. The minimum atomic E-state index is -0.617. The van der Waals surface area contributed by atoms with Gasteiger partial charge in [0.25, 0.3) is 5.91 Å². The van der Waals surface area contributed by atoms with Crippen LogP contribution in [0.2, 0.25) is 5.02 Å². The number of aromatic nitrogens is 3. The molecule has 1 fully saturated rings. The van der Waals surface area contributed by atoms with Gasteiger partial charge in [-0.25, -0.2) is 0 Å². The molecule has 0 radical (unpaired) electrons. The number of pyridine rings is 1. The van der Waals surface area contributed by atoms with E-state index in [-0.39, 0.29) is 17.9 Å². The molecule has 0 aliphatic heterocycles. The molecule has 3 N–H and O–H groups in total. The first-order valence-corrected chi connectivity index (χ1v) is 13.1. The van der Waals surface area contributed by atoms with Crippen molar-refractivity contribution >= 4 is 46.3 Å². The zero-order chi connectivity index (χ0) is 24.9. The monoisotopic (exact) mass is 514 g/mol. The van der Waals surface area contributed by atoms with Crippen molar-refractivity contribution in [3.8, 4) is 0 Å². The highest BCUT2D eigenvalue weighted by Crippen LogP contribution is 2.30. The lowest BCUT2D eigenvalue weighted by Crippen LogP contribution is -2.44. The number of hydrogen-bond donors (Lipinski definition) is 3. The van der Waals surface area contributed by atoms with Crippen LogP contribution in [0.15, 0.2) is 36.7 Å². The van der Waals surface area contributed by atoms with E-state index in [9.17, 15) is 9.59 Å². The lowest BCUT2D eigenvalue weighted by molar-refractivity contribution is -0.118. The average molecular weight is 515 g/mol. The van der Waals surface area contributed by atoms with Gasteiger partial charge in [0.1, 0.15) is 6.04 Å². The molecule has 0 unspecified atom stereocenters. The van der Waals surface area contributed by atoms with E-state index in [1.54, 1.807) is 36.3 Å². The summed E-state index contributed by atoms with van der Waals surface area (Å²) >= 11 is 7.50. The summed E-state index contributed by atoms with van der Waals surface area (Å²) in [5.41, 5.74) is 1.71. The predicted octanol–water partition coefficient (Wildman–Crippen LogP) is 5.33. The van der Waals surface area contributed by atoms with Crippen molar-refractivity contribution < 1.29 is 9.59 Å². The molecule has 3 aromatic rings. The van der Waals surface area contributed by atoms with Crippen LogP contribution in [0.5, 0.6) is 0 Å². The van der Waals surface area contributed by atoms with Crippen LogP contribution in [0.25, 0.3) is 0 Å². The van der Waals surface area contributed by atoms with Gasteiger partial charge in [-0.05, 0) is 44.4 Å². The zero-order valence-corrected chi connectivity index (χ0v) is 21.7. The van der Waals surface area contributed by atoms with Gasteiger partial charge in [0.2, 0.25) is 5.91 Å². The highest BCUT2D eigenvalue weighted by atomic mass is 35.5. The lowest BCUT2D eigenvalue weighted by Gasteiger charge is -2.20. The van der Waals surface area contributed by atoms with Crippen LogP contribution in [-0.2, 0) is 11.8 Å². The molecule has 10 heteroatoms. The molecule has 186 valence electrons. The second kappa shape index (κ2) is 11.2. The van der Waals surface area contributed by atoms with Gasteiger partial charge in [-0.15, -0.1) is 11.3 Å². The van der Waals surface area contributed by atoms with E-state index in [1.807, 2.05) is 26.0 Å². The Bertz CT molecular complexity index is 1190. The van der Waals surface area contributed by atoms with Crippen molar-refractivity contribution in [3.05, 3.63) is 57.1 Å². The summed E-state index contributed by atoms with van der Waals surface area (Å²) < 4.78 is 1.63. The van der Waals surface area contributed by atoms with Crippen LogP contribution in [0.4, 0.5) is 11.5 Å². The zero-order valence-electron chi connectivity index (χ0n) is 20.2. The molecular formula is C25H31ClN6O2S. The molecule has 0 bridgehead atoms. The fourth-order valence-corrected chi connectivity index (χ4v) is 5.47. The van der Waals surface area contributed by atoms with Crippen LogP contribution < -0.4 is 16.0 Å². The molecule has 1 aliphatic carbocycles. The number of amides is 2. The summed E-state index contributed by atoms with van der Waals surface area (Å²) in [6.07, 6.45) is 8.54. The first-order chi connectivity index (χ1) is 16.8. The highest BCUT2D eigenvalue weighted by Gasteiger charge is 2.28. The SMILES string of the molecule is Cc1ncc(Cl)cc1N[C@@H](C)c1ccc(C(=O)N[C@@H](CC2CCCC2)C(=O)Nc2ccn(C)n2)s1. The molecule has 3 heterocycles. The van der Waals surface area contributed by atoms with E-state index in [4.69, 9.17) is 11.6 Å². The van der Waals surface area contributed by atoms with E-state index in [1.165, 1.54) is 24.2 Å². The van der Waals surface area contributed by atoms with Crippen LogP contribution in [0.3, 0.4) is 0 Å². The van der Waals surface area contributed by atoms with Gasteiger partial charge < -0.3 is 16.0 Å². The Kier molecular flexibility index (Phi) is 8.07. The van der Waals surface area contributed by atoms with Crippen molar-refractivity contribution in [2.75, 3.05) is 10.6 Å². The Morgan fingerprint density at radius 3 is 2.74 bits per heavy atom. The normalized spacial score (nSPS) is 15.5. The van der Waals surface area contributed by atoms with Gasteiger partial charge in [0.15, 0.2) is 5.82 Å². The standard InChI is InChI=1S/C25H31ClN6O2S/c1-15-19(13-18(26)14-27-15)28-16(2)21-8-9-22(35-21)25(34)29-20(12-17-6-4-5-7-17)24(33)30-23-10-11-32(3)31-23/h8-11,13-14,16-17,20,28H,4-7,12H2,1-3H3,(H,29,34)(H,30,31,33)/t16-,20-/m0/s1. The third-order valence-corrected chi connectivity index (χ3v) is 7.81. The quantitative estimate of drug-likeness (QED) is 0.358. The van der Waals surface area contributed by atoms with Crippen molar-refractivity contribution in [2.24, 2.45) is 13.0 Å². The molecule has 2 amide bonds. The van der Waals surface area contributed by atoms with Gasteiger partial charge in [-0.1, -0.05) is 37.3 Å². The van der Waals surface area contributed by atoms with Crippen LogP contribution in [0.1, 0.15) is 65.3 Å². The Labute approximate surface area is 214 Å². The summed E-state index contributed by atoms with van der Waals surface area (Å²) in [5, 5.41) is 14.0.